The van der Waals surface area contributed by atoms with Gasteiger partial charge in [-0.2, -0.15) is 0 Å². The zero-order valence-electron chi connectivity index (χ0n) is 11.0. The lowest BCUT2D eigenvalue weighted by molar-refractivity contribution is -0.129. The fourth-order valence-corrected chi connectivity index (χ4v) is 2.16. The van der Waals surface area contributed by atoms with Gasteiger partial charge in [0.25, 0.3) is 0 Å². The molecule has 0 aliphatic carbocycles. The van der Waals surface area contributed by atoms with Crippen LogP contribution >= 0.6 is 11.6 Å². The second kappa shape index (κ2) is 5.69. The minimum absolute atomic E-state index is 0.0228. The molecule has 0 spiro atoms. The first kappa shape index (κ1) is 14.4. The molecule has 3 nitrogen and oxygen atoms in total. The third kappa shape index (κ3) is 2.63. The molecule has 2 aromatic rings. The third-order valence-electron chi connectivity index (χ3n) is 3.01. The van der Waals surface area contributed by atoms with Crippen molar-refractivity contribution in [3.8, 4) is 0 Å². The first-order valence-corrected chi connectivity index (χ1v) is 6.65. The summed E-state index contributed by atoms with van der Waals surface area (Å²) >= 11 is 5.89. The number of ether oxygens (including phenoxy) is 1. The number of rotatable bonds is 2. The molecule has 0 atom stereocenters. The van der Waals surface area contributed by atoms with Gasteiger partial charge < -0.3 is 4.74 Å². The van der Waals surface area contributed by atoms with Crippen LogP contribution in [0.4, 0.5) is 8.78 Å². The summed E-state index contributed by atoms with van der Waals surface area (Å²) in [6.45, 7) is 0. The average Bonchev–Trinajstić information content (AvgIpc) is 2.84. The lowest BCUT2D eigenvalue weighted by Gasteiger charge is -2.00. The van der Waals surface area contributed by atoms with Crippen LogP contribution in [-0.4, -0.2) is 11.9 Å². The van der Waals surface area contributed by atoms with E-state index in [-0.39, 0.29) is 27.7 Å². The van der Waals surface area contributed by atoms with Gasteiger partial charge in [0.15, 0.2) is 5.70 Å². The molecule has 1 aliphatic rings. The van der Waals surface area contributed by atoms with Gasteiger partial charge in [-0.3, -0.25) is 0 Å². The molecule has 6 heteroatoms. The highest BCUT2D eigenvalue weighted by Gasteiger charge is 2.26. The van der Waals surface area contributed by atoms with Crippen molar-refractivity contribution in [3.63, 3.8) is 0 Å². The molecule has 0 bridgehead atoms. The number of cyclic esters (lactones) is 1. The van der Waals surface area contributed by atoms with Gasteiger partial charge in [-0.05, 0) is 30.3 Å². The Bertz CT molecular complexity index is 810. The van der Waals surface area contributed by atoms with Crippen LogP contribution in [0.2, 0.25) is 5.02 Å². The highest BCUT2D eigenvalue weighted by atomic mass is 35.5. The molecule has 0 aromatic heterocycles. The predicted octanol–water partition coefficient (Wildman–Crippen LogP) is 3.96. The molecule has 0 unspecified atom stereocenters. The molecule has 0 saturated carbocycles. The number of esters is 1. The lowest BCUT2D eigenvalue weighted by Crippen LogP contribution is -2.07. The summed E-state index contributed by atoms with van der Waals surface area (Å²) in [5.74, 6) is -2.12. The van der Waals surface area contributed by atoms with E-state index in [1.807, 2.05) is 0 Å². The van der Waals surface area contributed by atoms with Crippen molar-refractivity contribution in [2.24, 2.45) is 4.99 Å². The van der Waals surface area contributed by atoms with Crippen molar-refractivity contribution >= 4 is 29.5 Å². The molecule has 3 rings (SSSR count). The molecule has 0 radical (unpaired) electrons. The molecule has 0 amide bonds. The number of halogens is 3. The molecule has 1 heterocycles. The van der Waals surface area contributed by atoms with E-state index >= 15 is 0 Å². The largest absolute Gasteiger partial charge is 0.402 e. The summed E-state index contributed by atoms with van der Waals surface area (Å²) in [6.07, 6.45) is 1.17. The highest BCUT2D eigenvalue weighted by Crippen LogP contribution is 2.25. The van der Waals surface area contributed by atoms with E-state index in [1.54, 1.807) is 6.07 Å². The Labute approximate surface area is 129 Å². The topological polar surface area (TPSA) is 38.7 Å². The minimum Gasteiger partial charge on any atom is -0.402 e. The molecule has 0 N–H and O–H groups in total. The van der Waals surface area contributed by atoms with Gasteiger partial charge in [0, 0.05) is 5.56 Å². The summed E-state index contributed by atoms with van der Waals surface area (Å²) in [5.41, 5.74) is -0.0706. The summed E-state index contributed by atoms with van der Waals surface area (Å²) in [4.78, 5) is 15.7. The Kier molecular flexibility index (Phi) is 3.73. The normalized spacial score (nSPS) is 15.9. The van der Waals surface area contributed by atoms with E-state index in [0.29, 0.717) is 0 Å². The van der Waals surface area contributed by atoms with Crippen LogP contribution in [0.15, 0.2) is 53.2 Å². The number of aliphatic imine (C=N–C) groups is 1. The third-order valence-corrected chi connectivity index (χ3v) is 3.34. The average molecular weight is 320 g/mol. The van der Waals surface area contributed by atoms with Crippen molar-refractivity contribution < 1.29 is 18.3 Å². The number of carbonyl (C=O) groups excluding carboxylic acids is 1. The Morgan fingerprint density at radius 2 is 1.77 bits per heavy atom. The van der Waals surface area contributed by atoms with Crippen LogP contribution < -0.4 is 0 Å². The summed E-state index contributed by atoms with van der Waals surface area (Å²) in [5, 5.41) is 0.134. The zero-order valence-corrected chi connectivity index (χ0v) is 11.8. The second-order valence-corrected chi connectivity index (χ2v) is 4.86. The SMILES string of the molecule is O=C1OC(c2ccccc2F)=N/C1=C\c1c(F)cccc1Cl. The first-order chi connectivity index (χ1) is 10.6. The molecule has 0 fully saturated rings. The van der Waals surface area contributed by atoms with Crippen molar-refractivity contribution in [3.05, 3.63) is 75.9 Å². The van der Waals surface area contributed by atoms with E-state index < -0.39 is 17.6 Å². The first-order valence-electron chi connectivity index (χ1n) is 6.28. The van der Waals surface area contributed by atoms with Crippen LogP contribution in [0.1, 0.15) is 11.1 Å². The molecular weight excluding hydrogens is 312 g/mol. The van der Waals surface area contributed by atoms with Crippen molar-refractivity contribution in [2.75, 3.05) is 0 Å². The summed E-state index contributed by atoms with van der Waals surface area (Å²) < 4.78 is 32.3. The van der Waals surface area contributed by atoms with Crippen LogP contribution in [0.3, 0.4) is 0 Å². The second-order valence-electron chi connectivity index (χ2n) is 4.45. The van der Waals surface area contributed by atoms with Gasteiger partial charge in [-0.25, -0.2) is 18.6 Å². The molecule has 2 aromatic carbocycles. The molecular formula is C16H8ClF2NO2. The van der Waals surface area contributed by atoms with Gasteiger partial charge in [-0.1, -0.05) is 29.8 Å². The van der Waals surface area contributed by atoms with Gasteiger partial charge in [0.05, 0.1) is 10.6 Å². The minimum atomic E-state index is -0.794. The Hall–Kier alpha value is -2.53. The van der Waals surface area contributed by atoms with E-state index in [2.05, 4.69) is 4.99 Å². The number of hydrogen-bond donors (Lipinski definition) is 0. The summed E-state index contributed by atoms with van der Waals surface area (Å²) in [6, 6.07) is 9.89. The molecule has 0 saturated heterocycles. The Morgan fingerprint density at radius 3 is 2.50 bits per heavy atom. The zero-order chi connectivity index (χ0) is 15.7. The van der Waals surface area contributed by atoms with E-state index in [0.717, 1.165) is 0 Å². The van der Waals surface area contributed by atoms with E-state index in [9.17, 15) is 13.6 Å². The van der Waals surface area contributed by atoms with Gasteiger partial charge >= 0.3 is 5.97 Å². The maximum atomic E-state index is 13.7. The van der Waals surface area contributed by atoms with Gasteiger partial charge in [0.2, 0.25) is 5.90 Å². The quantitative estimate of drug-likeness (QED) is 0.620. The Morgan fingerprint density at radius 1 is 1.05 bits per heavy atom. The lowest BCUT2D eigenvalue weighted by atomic mass is 10.2. The highest BCUT2D eigenvalue weighted by molar-refractivity contribution is 6.32. The van der Waals surface area contributed by atoms with E-state index in [4.69, 9.17) is 16.3 Å². The molecule has 110 valence electrons. The van der Waals surface area contributed by atoms with E-state index in [1.165, 1.54) is 42.5 Å². The number of hydrogen-bond acceptors (Lipinski definition) is 3. The van der Waals surface area contributed by atoms with Crippen LogP contribution in [0, 0.1) is 11.6 Å². The Balaban J connectivity index is 2.04. The van der Waals surface area contributed by atoms with Gasteiger partial charge in [0.1, 0.15) is 11.6 Å². The summed E-state index contributed by atoms with van der Waals surface area (Å²) in [7, 11) is 0. The van der Waals surface area contributed by atoms with Gasteiger partial charge in [-0.15, -0.1) is 0 Å². The maximum absolute atomic E-state index is 13.7. The van der Waals surface area contributed by atoms with Crippen LogP contribution in [0.5, 0.6) is 0 Å². The van der Waals surface area contributed by atoms with Crippen molar-refractivity contribution in [1.82, 2.24) is 0 Å². The maximum Gasteiger partial charge on any atom is 0.363 e. The fourth-order valence-electron chi connectivity index (χ4n) is 1.94. The predicted molar refractivity (Wildman–Crippen MR) is 78.4 cm³/mol. The monoisotopic (exact) mass is 319 g/mol. The number of carbonyl (C=O) groups is 1. The smallest absolute Gasteiger partial charge is 0.363 e. The van der Waals surface area contributed by atoms with Crippen molar-refractivity contribution in [1.29, 1.82) is 0 Å². The molecule has 1 aliphatic heterocycles. The van der Waals surface area contributed by atoms with Crippen molar-refractivity contribution in [2.45, 2.75) is 0 Å². The molecule has 22 heavy (non-hydrogen) atoms. The van der Waals surface area contributed by atoms with Crippen LogP contribution in [0.25, 0.3) is 6.08 Å². The standard InChI is InChI=1S/C16H8ClF2NO2/c17-11-5-3-7-13(19)10(11)8-14-16(21)22-15(20-14)9-4-1-2-6-12(9)18/h1-8H/b14-8-. The van der Waals surface area contributed by atoms with Crippen LogP contribution in [-0.2, 0) is 9.53 Å². The number of nitrogens with zero attached hydrogens (tertiary/aromatic N) is 1. The number of benzene rings is 2. The fraction of sp³-hybridized carbons (Fsp3) is 0.